The fourth-order valence-electron chi connectivity index (χ4n) is 2.52. The Morgan fingerprint density at radius 1 is 1.43 bits per heavy atom. The molecule has 6 nitrogen and oxygen atoms in total. The largest absolute Gasteiger partial charge is 0.356 e. The zero-order valence-electron chi connectivity index (χ0n) is 13.3. The van der Waals surface area contributed by atoms with Gasteiger partial charge < -0.3 is 10.6 Å². The van der Waals surface area contributed by atoms with Gasteiger partial charge in [-0.1, -0.05) is 0 Å². The van der Waals surface area contributed by atoms with Gasteiger partial charge >= 0.3 is 0 Å². The highest BCUT2D eigenvalue weighted by Crippen LogP contribution is 2.23. The molecule has 0 spiro atoms. The lowest BCUT2D eigenvalue weighted by Crippen LogP contribution is -2.46. The van der Waals surface area contributed by atoms with Gasteiger partial charge in [-0.25, -0.2) is 13.1 Å². The molecule has 0 radical (unpaired) electrons. The van der Waals surface area contributed by atoms with Crippen LogP contribution in [0.2, 0.25) is 0 Å². The van der Waals surface area contributed by atoms with E-state index in [1.807, 2.05) is 6.07 Å². The minimum absolute atomic E-state index is 0. The van der Waals surface area contributed by atoms with Gasteiger partial charge in [0.25, 0.3) is 0 Å². The lowest BCUT2D eigenvalue weighted by Gasteiger charge is -2.28. The van der Waals surface area contributed by atoms with Crippen molar-refractivity contribution in [3.8, 4) is 0 Å². The molecule has 132 valence electrons. The van der Waals surface area contributed by atoms with Gasteiger partial charge in [-0.2, -0.15) is 0 Å². The molecular formula is C14H24ClN3O3S2. The van der Waals surface area contributed by atoms with Gasteiger partial charge in [0.05, 0.1) is 0 Å². The predicted octanol–water partition coefficient (Wildman–Crippen LogP) is 1.27. The van der Waals surface area contributed by atoms with Gasteiger partial charge in [-0.05, 0) is 44.9 Å². The fourth-order valence-corrected chi connectivity index (χ4v) is 5.17. The highest BCUT2D eigenvalue weighted by molar-refractivity contribution is 7.91. The summed E-state index contributed by atoms with van der Waals surface area (Å²) in [5.41, 5.74) is 0. The zero-order chi connectivity index (χ0) is 16.2. The van der Waals surface area contributed by atoms with Crippen molar-refractivity contribution >= 4 is 39.7 Å². The molecule has 0 saturated carbocycles. The number of hydrogen-bond acceptors (Lipinski definition) is 5. The van der Waals surface area contributed by atoms with Gasteiger partial charge in [-0.3, -0.25) is 4.79 Å². The highest BCUT2D eigenvalue weighted by atomic mass is 35.5. The molecule has 3 N–H and O–H groups in total. The fraction of sp³-hybridized carbons (Fsp3) is 0.643. The first-order valence-electron chi connectivity index (χ1n) is 7.45. The number of amides is 1. The van der Waals surface area contributed by atoms with Crippen LogP contribution in [-0.2, 0) is 21.2 Å². The van der Waals surface area contributed by atoms with E-state index in [2.05, 4.69) is 22.3 Å². The average Bonchev–Trinajstić information content (AvgIpc) is 2.87. The van der Waals surface area contributed by atoms with E-state index in [-0.39, 0.29) is 24.4 Å². The Morgan fingerprint density at radius 3 is 2.83 bits per heavy atom. The first-order chi connectivity index (χ1) is 10.4. The van der Waals surface area contributed by atoms with Gasteiger partial charge in [0, 0.05) is 30.4 Å². The summed E-state index contributed by atoms with van der Waals surface area (Å²) in [6.45, 7) is 4.88. The van der Waals surface area contributed by atoms with Crippen molar-refractivity contribution in [3.05, 3.63) is 17.0 Å². The number of carbonyl (C=O) groups excluding carboxylic acids is 1. The van der Waals surface area contributed by atoms with Crippen LogP contribution in [0.1, 0.15) is 31.6 Å². The third kappa shape index (κ3) is 6.39. The van der Waals surface area contributed by atoms with Crippen molar-refractivity contribution < 1.29 is 13.2 Å². The number of hydrogen-bond donors (Lipinski definition) is 3. The van der Waals surface area contributed by atoms with Crippen LogP contribution in [0.5, 0.6) is 0 Å². The predicted molar refractivity (Wildman–Crippen MR) is 94.8 cm³/mol. The van der Waals surface area contributed by atoms with Gasteiger partial charge in [-0.15, -0.1) is 23.7 Å². The molecule has 1 aliphatic heterocycles. The van der Waals surface area contributed by atoms with Crippen molar-refractivity contribution in [1.29, 1.82) is 0 Å². The van der Waals surface area contributed by atoms with E-state index in [4.69, 9.17) is 0 Å². The van der Waals surface area contributed by atoms with E-state index in [1.54, 1.807) is 6.07 Å². The van der Waals surface area contributed by atoms with E-state index in [1.165, 1.54) is 18.3 Å². The molecule has 2 heterocycles. The summed E-state index contributed by atoms with van der Waals surface area (Å²) in [7, 11) is -3.45. The second-order valence-corrected chi connectivity index (χ2v) is 8.76. The number of halogens is 1. The molecule has 9 heteroatoms. The van der Waals surface area contributed by atoms with E-state index in [0.29, 0.717) is 23.2 Å². The minimum Gasteiger partial charge on any atom is -0.356 e. The normalized spacial score (nSPS) is 21.5. The Labute approximate surface area is 147 Å². The summed E-state index contributed by atoms with van der Waals surface area (Å²) in [5.74, 6) is -0.0777. The number of piperidine rings is 1. The maximum Gasteiger partial charge on any atom is 0.250 e. The molecule has 1 aliphatic rings. The lowest BCUT2D eigenvalue weighted by molar-refractivity contribution is -0.118. The van der Waals surface area contributed by atoms with Crippen LogP contribution < -0.4 is 15.4 Å². The molecule has 1 amide bonds. The Kier molecular flexibility index (Phi) is 7.96. The molecule has 1 saturated heterocycles. The average molecular weight is 382 g/mol. The molecule has 0 bridgehead atoms. The van der Waals surface area contributed by atoms with E-state index in [9.17, 15) is 13.2 Å². The van der Waals surface area contributed by atoms with Crippen molar-refractivity contribution in [2.75, 3.05) is 13.1 Å². The topological polar surface area (TPSA) is 87.3 Å². The van der Waals surface area contributed by atoms with E-state index < -0.39 is 10.0 Å². The molecule has 2 rings (SSSR count). The second-order valence-electron chi connectivity index (χ2n) is 5.65. The summed E-state index contributed by atoms with van der Waals surface area (Å²) in [5, 5.41) is 6.02. The smallest absolute Gasteiger partial charge is 0.250 e. The van der Waals surface area contributed by atoms with Crippen molar-refractivity contribution in [2.24, 2.45) is 0 Å². The van der Waals surface area contributed by atoms with Crippen molar-refractivity contribution in [3.63, 3.8) is 0 Å². The molecule has 2 atom stereocenters. The van der Waals surface area contributed by atoms with Gasteiger partial charge in [0.2, 0.25) is 15.9 Å². The van der Waals surface area contributed by atoms with Crippen LogP contribution in [0.25, 0.3) is 0 Å². The van der Waals surface area contributed by atoms with Crippen LogP contribution in [0.15, 0.2) is 16.3 Å². The van der Waals surface area contributed by atoms with E-state index in [0.717, 1.165) is 24.3 Å². The van der Waals surface area contributed by atoms with Crippen LogP contribution in [0.4, 0.5) is 0 Å². The Hall–Kier alpha value is -0.670. The van der Waals surface area contributed by atoms with Crippen LogP contribution in [0.3, 0.4) is 0 Å². The number of carbonyl (C=O) groups is 1. The van der Waals surface area contributed by atoms with Crippen LogP contribution in [-0.4, -0.2) is 39.5 Å². The van der Waals surface area contributed by atoms with Crippen molar-refractivity contribution in [1.82, 2.24) is 15.4 Å². The number of thiophene rings is 1. The first-order valence-corrected chi connectivity index (χ1v) is 9.75. The molecule has 2 unspecified atom stereocenters. The van der Waals surface area contributed by atoms with Gasteiger partial charge in [0.15, 0.2) is 0 Å². The zero-order valence-corrected chi connectivity index (χ0v) is 15.7. The molecule has 0 aromatic carbocycles. The molecule has 1 aromatic heterocycles. The first kappa shape index (κ1) is 20.4. The minimum atomic E-state index is -3.45. The Morgan fingerprint density at radius 2 is 2.17 bits per heavy atom. The van der Waals surface area contributed by atoms with Gasteiger partial charge in [0.1, 0.15) is 4.21 Å². The van der Waals surface area contributed by atoms with Crippen LogP contribution in [0, 0.1) is 0 Å². The summed E-state index contributed by atoms with van der Waals surface area (Å²) in [4.78, 5) is 11.8. The molecule has 1 fully saturated rings. The third-order valence-electron chi connectivity index (χ3n) is 3.59. The Balaban J connectivity index is 0.00000264. The quantitative estimate of drug-likeness (QED) is 0.692. The molecule has 1 aromatic rings. The maximum absolute atomic E-state index is 12.4. The highest BCUT2D eigenvalue weighted by Gasteiger charge is 2.25. The number of nitrogens with one attached hydrogen (secondary N) is 3. The third-order valence-corrected chi connectivity index (χ3v) is 6.75. The Bertz CT molecular complexity index is 619. The lowest BCUT2D eigenvalue weighted by atomic mass is 10.0. The summed E-state index contributed by atoms with van der Waals surface area (Å²) >= 11 is 1.26. The van der Waals surface area contributed by atoms with Crippen LogP contribution >= 0.6 is 23.7 Å². The number of sulfonamides is 1. The standard InChI is InChI=1S/C14H23N3O3S2.ClH/c1-10-9-12(5-7-15-10)17-22(19,20)14-4-3-13(21-14)6-8-16-11(2)18;/h3-4,10,12,15,17H,5-9H2,1-2H3,(H,16,18);1H. The second kappa shape index (κ2) is 8.98. The summed E-state index contributed by atoms with van der Waals surface area (Å²) in [6.07, 6.45) is 2.26. The molecular weight excluding hydrogens is 358 g/mol. The van der Waals surface area contributed by atoms with E-state index >= 15 is 0 Å². The summed E-state index contributed by atoms with van der Waals surface area (Å²) < 4.78 is 28.0. The monoisotopic (exact) mass is 381 g/mol. The maximum atomic E-state index is 12.4. The molecule has 0 aliphatic carbocycles. The number of rotatable bonds is 6. The molecule has 23 heavy (non-hydrogen) atoms. The van der Waals surface area contributed by atoms with Crippen molar-refractivity contribution in [2.45, 2.75) is 49.4 Å². The summed E-state index contributed by atoms with van der Waals surface area (Å²) in [6, 6.07) is 3.77. The SMILES string of the molecule is CC(=O)NCCc1ccc(S(=O)(=O)NC2CCNC(C)C2)s1.Cl.